The summed E-state index contributed by atoms with van der Waals surface area (Å²) in [6.45, 7) is 2.36. The van der Waals surface area contributed by atoms with Crippen molar-refractivity contribution >= 4 is 21.6 Å². The Morgan fingerprint density at radius 2 is 1.94 bits per heavy atom. The van der Waals surface area contributed by atoms with Gasteiger partial charge in [-0.2, -0.15) is 4.31 Å². The number of rotatable bonds is 7. The highest BCUT2D eigenvalue weighted by atomic mass is 32.2. The molecule has 2 heterocycles. The third-order valence-electron chi connectivity index (χ3n) is 6.52. The molecule has 2 aromatic carbocycles. The number of ether oxygens (including phenoxy) is 1. The molecule has 1 aliphatic heterocycles. The van der Waals surface area contributed by atoms with Crippen molar-refractivity contribution in [3.63, 3.8) is 0 Å². The van der Waals surface area contributed by atoms with E-state index in [1.165, 1.54) is 23.5 Å². The van der Waals surface area contributed by atoms with Crippen LogP contribution in [-0.2, 0) is 10.0 Å². The number of anilines is 1. The molecule has 184 valence electrons. The van der Waals surface area contributed by atoms with E-state index in [0.717, 1.165) is 37.7 Å². The molecule has 0 radical (unpaired) electrons. The zero-order chi connectivity index (χ0) is 24.6. The minimum atomic E-state index is -3.82. The lowest BCUT2D eigenvalue weighted by atomic mass is 10.1. The highest BCUT2D eigenvalue weighted by Crippen LogP contribution is 2.37. The Morgan fingerprint density at radius 1 is 1.11 bits per heavy atom. The summed E-state index contributed by atoms with van der Waals surface area (Å²) >= 11 is 0. The standard InChI is InChI=1S/C24H28N6O4S/c1-16-6-3-4-13-29(16)35(32,33)22-15-18(9-12-21(22)34-2)24(31)25-19-8-5-7-17(14-19)23-26-27-28-30(23)20-10-11-20/h5,7-9,12,14-16,20H,3-4,6,10-11,13H2,1-2H3,(H,25,31). The predicted octanol–water partition coefficient (Wildman–Crippen LogP) is 3.50. The highest BCUT2D eigenvalue weighted by Gasteiger charge is 2.34. The Hall–Kier alpha value is -3.31. The van der Waals surface area contributed by atoms with Crippen LogP contribution in [0, 0.1) is 0 Å². The molecule has 1 saturated carbocycles. The van der Waals surface area contributed by atoms with Gasteiger partial charge in [0.15, 0.2) is 5.82 Å². The van der Waals surface area contributed by atoms with Gasteiger partial charge in [-0.3, -0.25) is 4.79 Å². The highest BCUT2D eigenvalue weighted by molar-refractivity contribution is 7.89. The van der Waals surface area contributed by atoms with Gasteiger partial charge in [0, 0.05) is 29.4 Å². The number of sulfonamides is 1. The average molecular weight is 497 g/mol. The monoisotopic (exact) mass is 496 g/mol. The van der Waals surface area contributed by atoms with Gasteiger partial charge in [-0.05, 0) is 73.4 Å². The minimum Gasteiger partial charge on any atom is -0.495 e. The zero-order valence-electron chi connectivity index (χ0n) is 19.7. The summed E-state index contributed by atoms with van der Waals surface area (Å²) in [5.74, 6) is 0.444. The molecule has 1 aromatic heterocycles. The zero-order valence-corrected chi connectivity index (χ0v) is 20.5. The number of methoxy groups -OCH3 is 1. The number of hydrogen-bond donors (Lipinski definition) is 1. The Balaban J connectivity index is 1.41. The molecule has 10 nitrogen and oxygen atoms in total. The van der Waals surface area contributed by atoms with Crippen LogP contribution in [-0.4, -0.2) is 58.5 Å². The number of amides is 1. The molecule has 1 saturated heterocycles. The van der Waals surface area contributed by atoms with Gasteiger partial charge in [0.25, 0.3) is 5.91 Å². The maximum atomic E-state index is 13.5. The first-order valence-electron chi connectivity index (χ1n) is 11.8. The second-order valence-electron chi connectivity index (χ2n) is 9.04. The molecule has 1 amide bonds. The van der Waals surface area contributed by atoms with Gasteiger partial charge in [0.2, 0.25) is 10.0 Å². The predicted molar refractivity (Wildman–Crippen MR) is 130 cm³/mol. The molecule has 0 bridgehead atoms. The summed E-state index contributed by atoms with van der Waals surface area (Å²) in [6, 6.07) is 12.0. The van der Waals surface area contributed by atoms with Gasteiger partial charge in [-0.15, -0.1) is 5.10 Å². The lowest BCUT2D eigenvalue weighted by molar-refractivity contribution is 0.102. The number of benzene rings is 2. The number of tetrazole rings is 1. The quantitative estimate of drug-likeness (QED) is 0.532. The smallest absolute Gasteiger partial charge is 0.255 e. The molecular weight excluding hydrogens is 468 g/mol. The molecule has 2 aliphatic rings. The van der Waals surface area contributed by atoms with Crippen molar-refractivity contribution in [1.82, 2.24) is 24.5 Å². The summed E-state index contributed by atoms with van der Waals surface area (Å²) in [7, 11) is -2.40. The van der Waals surface area contributed by atoms with Crippen LogP contribution >= 0.6 is 0 Å². The van der Waals surface area contributed by atoms with Crippen LogP contribution in [0.25, 0.3) is 11.4 Å². The lowest BCUT2D eigenvalue weighted by Crippen LogP contribution is -2.42. The molecule has 1 atom stereocenters. The van der Waals surface area contributed by atoms with Gasteiger partial charge in [0.1, 0.15) is 10.6 Å². The normalized spacial score (nSPS) is 18.9. The summed E-state index contributed by atoms with van der Waals surface area (Å²) < 4.78 is 35.6. The van der Waals surface area contributed by atoms with Crippen LogP contribution in [0.5, 0.6) is 5.75 Å². The van der Waals surface area contributed by atoms with Crippen molar-refractivity contribution in [2.45, 2.75) is 56.0 Å². The number of carbonyl (C=O) groups excluding carboxylic acids is 1. The van der Waals surface area contributed by atoms with Gasteiger partial charge >= 0.3 is 0 Å². The molecular formula is C24H28N6O4S. The van der Waals surface area contributed by atoms with Crippen molar-refractivity contribution < 1.29 is 17.9 Å². The Kier molecular flexibility index (Phi) is 6.28. The van der Waals surface area contributed by atoms with E-state index in [0.29, 0.717) is 24.1 Å². The van der Waals surface area contributed by atoms with Crippen LogP contribution in [0.1, 0.15) is 55.4 Å². The molecule has 35 heavy (non-hydrogen) atoms. The molecule has 1 aliphatic carbocycles. The van der Waals surface area contributed by atoms with Gasteiger partial charge in [-0.25, -0.2) is 13.1 Å². The minimum absolute atomic E-state index is 0.00115. The van der Waals surface area contributed by atoms with Crippen LogP contribution in [0.4, 0.5) is 5.69 Å². The average Bonchev–Trinajstić information content (AvgIpc) is 3.59. The first kappa shape index (κ1) is 23.4. The fourth-order valence-corrected chi connectivity index (χ4v) is 6.35. The van der Waals surface area contributed by atoms with Crippen LogP contribution in [0.3, 0.4) is 0 Å². The molecule has 1 N–H and O–H groups in total. The summed E-state index contributed by atoms with van der Waals surface area (Å²) in [4.78, 5) is 13.1. The SMILES string of the molecule is COc1ccc(C(=O)Nc2cccc(-c3nnnn3C3CC3)c2)cc1S(=O)(=O)N1CCCCC1C. The van der Waals surface area contributed by atoms with E-state index in [1.54, 1.807) is 18.2 Å². The van der Waals surface area contributed by atoms with Crippen LogP contribution < -0.4 is 10.1 Å². The van der Waals surface area contributed by atoms with Crippen molar-refractivity contribution in [2.75, 3.05) is 19.0 Å². The van der Waals surface area contributed by atoms with Crippen molar-refractivity contribution in [2.24, 2.45) is 0 Å². The molecule has 2 fully saturated rings. The van der Waals surface area contributed by atoms with Crippen LogP contribution in [0.15, 0.2) is 47.4 Å². The number of nitrogens with one attached hydrogen (secondary N) is 1. The maximum Gasteiger partial charge on any atom is 0.255 e. The number of hydrogen-bond acceptors (Lipinski definition) is 7. The molecule has 5 rings (SSSR count). The second-order valence-corrected chi connectivity index (χ2v) is 10.9. The van der Waals surface area contributed by atoms with E-state index in [1.807, 2.05) is 23.7 Å². The third-order valence-corrected chi connectivity index (χ3v) is 8.55. The number of nitrogens with zero attached hydrogens (tertiary/aromatic N) is 5. The van der Waals surface area contributed by atoms with Crippen molar-refractivity contribution in [3.05, 3.63) is 48.0 Å². The fraction of sp³-hybridized carbons (Fsp3) is 0.417. The molecule has 0 spiro atoms. The van der Waals surface area contributed by atoms with Crippen molar-refractivity contribution in [1.29, 1.82) is 0 Å². The maximum absolute atomic E-state index is 13.5. The van der Waals surface area contributed by atoms with Gasteiger partial charge < -0.3 is 10.1 Å². The number of aromatic nitrogens is 4. The summed E-state index contributed by atoms with van der Waals surface area (Å²) in [5, 5.41) is 14.9. The van der Waals surface area contributed by atoms with E-state index in [9.17, 15) is 13.2 Å². The van der Waals surface area contributed by atoms with E-state index in [4.69, 9.17) is 4.74 Å². The number of piperidine rings is 1. The molecule has 11 heteroatoms. The lowest BCUT2D eigenvalue weighted by Gasteiger charge is -2.32. The fourth-order valence-electron chi connectivity index (χ4n) is 4.46. The molecule has 1 unspecified atom stereocenters. The Bertz CT molecular complexity index is 1350. The van der Waals surface area contributed by atoms with Crippen molar-refractivity contribution in [3.8, 4) is 17.1 Å². The van der Waals surface area contributed by atoms with E-state index in [-0.39, 0.29) is 22.3 Å². The number of carbonyl (C=O) groups is 1. The first-order valence-corrected chi connectivity index (χ1v) is 13.2. The van der Waals surface area contributed by atoms with E-state index in [2.05, 4.69) is 20.8 Å². The largest absolute Gasteiger partial charge is 0.495 e. The summed E-state index contributed by atoms with van der Waals surface area (Å²) in [6.07, 6.45) is 4.72. The van der Waals surface area contributed by atoms with Gasteiger partial charge in [-0.1, -0.05) is 18.6 Å². The summed E-state index contributed by atoms with van der Waals surface area (Å²) in [5.41, 5.74) is 1.57. The topological polar surface area (TPSA) is 119 Å². The second kappa shape index (κ2) is 9.38. The van der Waals surface area contributed by atoms with Crippen LogP contribution in [0.2, 0.25) is 0 Å². The van der Waals surface area contributed by atoms with Gasteiger partial charge in [0.05, 0.1) is 13.2 Å². The Labute approximate surface area is 204 Å². The first-order chi connectivity index (χ1) is 16.9. The Morgan fingerprint density at radius 3 is 2.69 bits per heavy atom. The van der Waals surface area contributed by atoms with E-state index < -0.39 is 15.9 Å². The van der Waals surface area contributed by atoms with E-state index >= 15 is 0 Å². The molecule has 3 aromatic rings. The third kappa shape index (κ3) is 4.65.